The number of hydrogen-bond donors (Lipinski definition) is 1. The van der Waals surface area contributed by atoms with Gasteiger partial charge in [-0.15, -0.1) is 0 Å². The number of hydrogen-bond acceptors (Lipinski definition) is 3. The Kier molecular flexibility index (Phi) is 7.09. The van der Waals surface area contributed by atoms with E-state index in [1.807, 2.05) is 80.6 Å². The first-order chi connectivity index (χ1) is 16.4. The summed E-state index contributed by atoms with van der Waals surface area (Å²) in [7, 11) is 0. The number of carbonyl (C=O) groups is 2. The van der Waals surface area contributed by atoms with Gasteiger partial charge in [0.05, 0.1) is 11.4 Å². The van der Waals surface area contributed by atoms with Crippen molar-refractivity contribution >= 4 is 29.2 Å². The lowest BCUT2D eigenvalue weighted by atomic mass is 10.1. The van der Waals surface area contributed by atoms with Crippen LogP contribution in [0.2, 0.25) is 5.02 Å². The van der Waals surface area contributed by atoms with Gasteiger partial charge in [0.2, 0.25) is 5.91 Å². The van der Waals surface area contributed by atoms with Crippen LogP contribution in [-0.4, -0.2) is 39.1 Å². The Hall–Kier alpha value is -3.90. The molecule has 0 saturated carbocycles. The van der Waals surface area contributed by atoms with Crippen LogP contribution >= 0.6 is 11.6 Å². The lowest BCUT2D eigenvalue weighted by Crippen LogP contribution is -2.42. The fraction of sp³-hybridized carbons (Fsp3) is 0.148. The second kappa shape index (κ2) is 10.4. The van der Waals surface area contributed by atoms with Gasteiger partial charge in [-0.05, 0) is 50.2 Å². The van der Waals surface area contributed by atoms with E-state index in [9.17, 15) is 9.59 Å². The third-order valence-corrected chi connectivity index (χ3v) is 5.59. The fourth-order valence-corrected chi connectivity index (χ4v) is 3.70. The molecule has 0 saturated heterocycles. The molecular formula is C27H25ClN4O2. The molecule has 0 bridgehead atoms. The van der Waals surface area contributed by atoms with Crippen LogP contribution in [0.15, 0.2) is 91.0 Å². The summed E-state index contributed by atoms with van der Waals surface area (Å²) in [6, 6.07) is 27.7. The second-order valence-corrected chi connectivity index (χ2v) is 8.55. The Labute approximate surface area is 203 Å². The zero-order chi connectivity index (χ0) is 24.1. The summed E-state index contributed by atoms with van der Waals surface area (Å²) in [6.45, 7) is 3.66. The van der Waals surface area contributed by atoms with Crippen molar-refractivity contribution in [3.05, 3.63) is 102 Å². The summed E-state index contributed by atoms with van der Waals surface area (Å²) >= 11 is 5.95. The van der Waals surface area contributed by atoms with Gasteiger partial charge in [-0.25, -0.2) is 4.68 Å². The number of amides is 2. The lowest BCUT2D eigenvalue weighted by Gasteiger charge is -2.26. The fourth-order valence-electron chi connectivity index (χ4n) is 3.57. The molecule has 0 spiro atoms. The third-order valence-electron chi connectivity index (χ3n) is 5.34. The number of para-hydroxylation sites is 1. The lowest BCUT2D eigenvalue weighted by molar-refractivity contribution is -0.117. The highest BCUT2D eigenvalue weighted by Gasteiger charge is 2.23. The highest BCUT2D eigenvalue weighted by Crippen LogP contribution is 2.25. The number of benzene rings is 3. The summed E-state index contributed by atoms with van der Waals surface area (Å²) < 4.78 is 1.70. The molecule has 1 aromatic heterocycles. The number of rotatable bonds is 7. The predicted molar refractivity (Wildman–Crippen MR) is 135 cm³/mol. The number of nitrogens with one attached hydrogen (secondary N) is 1. The van der Waals surface area contributed by atoms with Crippen molar-refractivity contribution in [2.45, 2.75) is 19.9 Å². The zero-order valence-electron chi connectivity index (χ0n) is 19.0. The minimum Gasteiger partial charge on any atom is -0.327 e. The molecule has 0 fully saturated rings. The van der Waals surface area contributed by atoms with Gasteiger partial charge in [0.25, 0.3) is 5.91 Å². The highest BCUT2D eigenvalue weighted by molar-refractivity contribution is 6.30. The molecule has 7 heteroatoms. The quantitative estimate of drug-likeness (QED) is 0.376. The van der Waals surface area contributed by atoms with E-state index < -0.39 is 0 Å². The molecule has 4 rings (SSSR count). The molecule has 1 heterocycles. The Morgan fingerprint density at radius 2 is 1.56 bits per heavy atom. The van der Waals surface area contributed by atoms with E-state index in [2.05, 4.69) is 5.32 Å². The summed E-state index contributed by atoms with van der Waals surface area (Å²) in [4.78, 5) is 27.7. The van der Waals surface area contributed by atoms with Crippen molar-refractivity contribution in [2.75, 3.05) is 11.9 Å². The molecule has 0 aliphatic carbocycles. The van der Waals surface area contributed by atoms with Crippen molar-refractivity contribution in [1.29, 1.82) is 0 Å². The Morgan fingerprint density at radius 1 is 0.941 bits per heavy atom. The van der Waals surface area contributed by atoms with Crippen LogP contribution in [0.25, 0.3) is 16.9 Å². The highest BCUT2D eigenvalue weighted by atomic mass is 35.5. The van der Waals surface area contributed by atoms with Gasteiger partial charge in [-0.1, -0.05) is 60.1 Å². The topological polar surface area (TPSA) is 67.2 Å². The summed E-state index contributed by atoms with van der Waals surface area (Å²) in [5, 5.41) is 8.21. The summed E-state index contributed by atoms with van der Waals surface area (Å²) in [6.07, 6.45) is 0. The first kappa shape index (κ1) is 23.3. The third kappa shape index (κ3) is 5.35. The molecule has 3 aromatic carbocycles. The van der Waals surface area contributed by atoms with Crippen LogP contribution in [-0.2, 0) is 4.79 Å². The molecule has 4 aromatic rings. The molecule has 172 valence electrons. The smallest absolute Gasteiger partial charge is 0.254 e. The van der Waals surface area contributed by atoms with Crippen molar-refractivity contribution in [3.8, 4) is 16.9 Å². The predicted octanol–water partition coefficient (Wildman–Crippen LogP) is 5.68. The van der Waals surface area contributed by atoms with Crippen LogP contribution in [0.3, 0.4) is 0 Å². The van der Waals surface area contributed by atoms with Gasteiger partial charge < -0.3 is 10.2 Å². The Morgan fingerprint density at radius 3 is 2.18 bits per heavy atom. The zero-order valence-corrected chi connectivity index (χ0v) is 19.7. The molecular weight excluding hydrogens is 448 g/mol. The van der Waals surface area contributed by atoms with Gasteiger partial charge in [0.15, 0.2) is 0 Å². The minimum absolute atomic E-state index is 0.0975. The normalized spacial score (nSPS) is 10.8. The maximum atomic E-state index is 13.1. The molecule has 0 aliphatic heterocycles. The average Bonchev–Trinajstić information content (AvgIpc) is 3.27. The molecule has 0 aliphatic rings. The first-order valence-electron chi connectivity index (χ1n) is 11.0. The average molecular weight is 473 g/mol. The molecule has 1 N–H and O–H groups in total. The van der Waals surface area contributed by atoms with Crippen molar-refractivity contribution in [3.63, 3.8) is 0 Å². The monoisotopic (exact) mass is 472 g/mol. The van der Waals surface area contributed by atoms with Gasteiger partial charge in [-0.2, -0.15) is 5.10 Å². The number of anilines is 1. The molecule has 0 radical (unpaired) electrons. The first-order valence-corrected chi connectivity index (χ1v) is 11.4. The van der Waals surface area contributed by atoms with E-state index in [1.165, 1.54) is 4.90 Å². The summed E-state index contributed by atoms with van der Waals surface area (Å²) in [5.74, 6) is -0.0197. The standard InChI is InChI=1S/C27H25ClN4O2/c1-19(2)31(27(34)21-13-15-22(28)16-14-21)18-26(33)29-25-17-24(20-9-5-3-6-10-20)30-32(25)23-11-7-4-8-12-23/h3-17,19H,18H2,1-2H3,(H,29,33). The van der Waals surface area contributed by atoms with E-state index in [0.717, 1.165) is 16.9 Å². The van der Waals surface area contributed by atoms with E-state index in [4.69, 9.17) is 16.7 Å². The number of halogens is 1. The molecule has 0 unspecified atom stereocenters. The number of nitrogens with zero attached hydrogens (tertiary/aromatic N) is 3. The Bertz CT molecular complexity index is 1270. The van der Waals surface area contributed by atoms with Crippen LogP contribution in [0, 0.1) is 0 Å². The van der Waals surface area contributed by atoms with Crippen molar-refractivity contribution < 1.29 is 9.59 Å². The van der Waals surface area contributed by atoms with Gasteiger partial charge in [-0.3, -0.25) is 9.59 Å². The van der Waals surface area contributed by atoms with Crippen LogP contribution in [0.4, 0.5) is 5.82 Å². The number of carbonyl (C=O) groups excluding carboxylic acids is 2. The summed E-state index contributed by atoms with van der Waals surface area (Å²) in [5.41, 5.74) is 2.97. The molecule has 2 amide bonds. The van der Waals surface area contributed by atoms with Gasteiger partial charge in [0, 0.05) is 28.3 Å². The van der Waals surface area contributed by atoms with E-state index >= 15 is 0 Å². The van der Waals surface area contributed by atoms with Gasteiger partial charge >= 0.3 is 0 Å². The van der Waals surface area contributed by atoms with E-state index in [-0.39, 0.29) is 24.4 Å². The van der Waals surface area contributed by atoms with Crippen LogP contribution < -0.4 is 5.32 Å². The minimum atomic E-state index is -0.312. The van der Waals surface area contributed by atoms with E-state index in [1.54, 1.807) is 28.9 Å². The maximum Gasteiger partial charge on any atom is 0.254 e. The van der Waals surface area contributed by atoms with Gasteiger partial charge in [0.1, 0.15) is 12.4 Å². The van der Waals surface area contributed by atoms with Crippen LogP contribution in [0.5, 0.6) is 0 Å². The largest absolute Gasteiger partial charge is 0.327 e. The maximum absolute atomic E-state index is 13.1. The second-order valence-electron chi connectivity index (χ2n) is 8.11. The molecule has 34 heavy (non-hydrogen) atoms. The van der Waals surface area contributed by atoms with Crippen LogP contribution in [0.1, 0.15) is 24.2 Å². The number of aromatic nitrogens is 2. The molecule has 0 atom stereocenters. The Balaban J connectivity index is 1.59. The SMILES string of the molecule is CC(C)N(CC(=O)Nc1cc(-c2ccccc2)nn1-c1ccccc1)C(=O)c1ccc(Cl)cc1. The molecule has 6 nitrogen and oxygen atoms in total. The van der Waals surface area contributed by atoms with Crippen molar-refractivity contribution in [2.24, 2.45) is 0 Å². The van der Waals surface area contributed by atoms with E-state index in [0.29, 0.717) is 16.4 Å². The van der Waals surface area contributed by atoms with Crippen molar-refractivity contribution in [1.82, 2.24) is 14.7 Å².